The Labute approximate surface area is 255 Å². The highest BCUT2D eigenvalue weighted by molar-refractivity contribution is 7.82. The lowest BCUT2D eigenvalue weighted by molar-refractivity contribution is -0.423. The average Bonchev–Trinajstić information content (AvgIpc) is 3.35. The number of primary amides is 1. The first-order valence-corrected chi connectivity index (χ1v) is 17.4. The van der Waals surface area contributed by atoms with Crippen LogP contribution in [0, 0.1) is 5.92 Å². The number of hydrogen-bond donors (Lipinski definition) is 3. The van der Waals surface area contributed by atoms with Gasteiger partial charge in [0.1, 0.15) is 17.3 Å². The molecule has 12 nitrogen and oxygen atoms in total. The number of carbonyl (C=O) groups excluding carboxylic acids is 4. The van der Waals surface area contributed by atoms with Gasteiger partial charge in [-0.3, -0.25) is 9.59 Å². The number of ether oxygens (including phenoxy) is 1. The number of amides is 4. The number of rotatable bonds is 4. The Balaban J connectivity index is 1.54. The maximum Gasteiger partial charge on any atom is 0.408 e. The molecule has 1 saturated carbocycles. The van der Waals surface area contributed by atoms with E-state index >= 15 is 0 Å². The summed E-state index contributed by atoms with van der Waals surface area (Å²) in [7, 11) is -4.01. The number of piperidine rings is 1. The SMILES string of the molecule is CC1CCCC(C)N1S(=O)(=O)[NH2+]C(=O)C12CC1CCCCCCCC(NC(=O)OC(C)(C)C)C(=O)N1CCC=C1C(=O)N2. The van der Waals surface area contributed by atoms with Crippen molar-refractivity contribution in [2.75, 3.05) is 6.54 Å². The molecule has 5 atom stereocenters. The lowest BCUT2D eigenvalue weighted by atomic mass is 10.0. The molecule has 5 unspecified atom stereocenters. The zero-order valence-electron chi connectivity index (χ0n) is 26.3. The average molecular weight is 625 g/mol. The number of fused-ring (bicyclic) bond motifs is 2. The molecule has 4 rings (SSSR count). The van der Waals surface area contributed by atoms with Crippen LogP contribution in [0.2, 0.25) is 0 Å². The Kier molecular flexibility index (Phi) is 10.3. The van der Waals surface area contributed by atoms with Crippen LogP contribution in [0.3, 0.4) is 0 Å². The summed E-state index contributed by atoms with van der Waals surface area (Å²) in [6, 6.07) is -1.29. The standard InChI is InChI=1S/C30H49N5O7S/c1-20-13-11-14-21(2)35(20)43(40,41)33-27(38)30-19-22(30)15-9-7-6-8-10-16-23(31-28(39)42-29(3,4)5)26(37)34-18-12-17-24(34)25(36)32-30/h17,20-23H,6-16,18-19H2,1-5H3,(H,31,39)(H,32,36)(H,33,38)/p+1. The first-order chi connectivity index (χ1) is 20.1. The van der Waals surface area contributed by atoms with E-state index in [1.54, 1.807) is 26.8 Å². The fraction of sp³-hybridized carbons (Fsp3) is 0.800. The highest BCUT2D eigenvalue weighted by Crippen LogP contribution is 2.47. The smallest absolute Gasteiger partial charge is 0.408 e. The number of quaternary nitrogens is 1. The molecule has 4 aliphatic rings. The van der Waals surface area contributed by atoms with Gasteiger partial charge in [0.05, 0.1) is 0 Å². The van der Waals surface area contributed by atoms with Crippen LogP contribution < -0.4 is 15.4 Å². The molecule has 3 fully saturated rings. The minimum Gasteiger partial charge on any atom is -0.444 e. The van der Waals surface area contributed by atoms with Gasteiger partial charge in [0, 0.05) is 18.6 Å². The summed E-state index contributed by atoms with van der Waals surface area (Å²) in [4.78, 5) is 55.2. The molecule has 242 valence electrons. The van der Waals surface area contributed by atoms with Gasteiger partial charge in [0.2, 0.25) is 5.91 Å². The molecule has 0 aromatic rings. The summed E-state index contributed by atoms with van der Waals surface area (Å²) in [5, 5.41) is 5.60. The van der Waals surface area contributed by atoms with E-state index in [1.807, 2.05) is 13.8 Å². The van der Waals surface area contributed by atoms with Gasteiger partial charge >= 0.3 is 22.2 Å². The van der Waals surface area contributed by atoms with Crippen molar-refractivity contribution in [1.29, 1.82) is 0 Å². The third kappa shape index (κ3) is 7.96. The maximum atomic E-state index is 13.8. The minimum absolute atomic E-state index is 0.120. The van der Waals surface area contributed by atoms with Crippen molar-refractivity contribution in [2.45, 2.75) is 141 Å². The minimum atomic E-state index is -4.01. The second-order valence-corrected chi connectivity index (χ2v) is 15.4. The molecule has 4 amide bonds. The zero-order valence-corrected chi connectivity index (χ0v) is 27.1. The first-order valence-electron chi connectivity index (χ1n) is 15.9. The molecular formula is C30H50N5O7S+. The number of nitrogens with one attached hydrogen (secondary N) is 2. The summed E-state index contributed by atoms with van der Waals surface area (Å²) in [6.07, 6.45) is 9.54. The van der Waals surface area contributed by atoms with Gasteiger partial charge in [-0.15, -0.1) is 4.31 Å². The van der Waals surface area contributed by atoms with E-state index in [0.717, 1.165) is 56.1 Å². The molecule has 1 aliphatic carbocycles. The fourth-order valence-corrected chi connectivity index (χ4v) is 8.65. The van der Waals surface area contributed by atoms with Gasteiger partial charge in [-0.1, -0.05) is 44.6 Å². The summed E-state index contributed by atoms with van der Waals surface area (Å²) >= 11 is 0. The van der Waals surface area contributed by atoms with Gasteiger partial charge in [0.25, 0.3) is 5.91 Å². The Morgan fingerprint density at radius 2 is 1.63 bits per heavy atom. The van der Waals surface area contributed by atoms with Crippen LogP contribution in [0.25, 0.3) is 0 Å². The molecule has 0 bridgehead atoms. The third-order valence-corrected chi connectivity index (χ3v) is 10.9. The molecule has 3 aliphatic heterocycles. The van der Waals surface area contributed by atoms with Crippen LogP contribution >= 0.6 is 0 Å². The van der Waals surface area contributed by atoms with Crippen molar-refractivity contribution >= 4 is 34.0 Å². The van der Waals surface area contributed by atoms with E-state index in [-0.39, 0.29) is 30.2 Å². The van der Waals surface area contributed by atoms with Crippen LogP contribution in [0.5, 0.6) is 0 Å². The normalized spacial score (nSPS) is 31.5. The second-order valence-electron chi connectivity index (χ2n) is 13.7. The van der Waals surface area contributed by atoms with Gasteiger partial charge in [-0.05, 0) is 79.1 Å². The van der Waals surface area contributed by atoms with Crippen molar-refractivity contribution in [3.8, 4) is 0 Å². The van der Waals surface area contributed by atoms with E-state index in [0.29, 0.717) is 25.7 Å². The van der Waals surface area contributed by atoms with Gasteiger partial charge in [-0.25, -0.2) is 9.59 Å². The fourth-order valence-electron chi connectivity index (χ4n) is 6.83. The number of alkyl carbamates (subject to hydrolysis) is 1. The Morgan fingerprint density at radius 1 is 1.00 bits per heavy atom. The summed E-state index contributed by atoms with van der Waals surface area (Å²) < 4.78 is 34.6. The van der Waals surface area contributed by atoms with E-state index < -0.39 is 51.2 Å². The largest absolute Gasteiger partial charge is 0.444 e. The number of carbonyl (C=O) groups is 4. The predicted molar refractivity (Wildman–Crippen MR) is 159 cm³/mol. The molecule has 0 radical (unpaired) electrons. The molecular weight excluding hydrogens is 574 g/mol. The van der Waals surface area contributed by atoms with Crippen LogP contribution in [-0.2, 0) is 29.3 Å². The Bertz CT molecular complexity index is 1220. The molecule has 0 aromatic carbocycles. The van der Waals surface area contributed by atoms with Crippen molar-refractivity contribution < 1.29 is 37.1 Å². The lowest BCUT2D eigenvalue weighted by Gasteiger charge is -2.35. The van der Waals surface area contributed by atoms with Crippen molar-refractivity contribution in [3.05, 3.63) is 11.8 Å². The van der Waals surface area contributed by atoms with Gasteiger partial charge in [0.15, 0.2) is 5.54 Å². The molecule has 13 heteroatoms. The van der Waals surface area contributed by atoms with E-state index in [2.05, 4.69) is 10.6 Å². The van der Waals surface area contributed by atoms with E-state index in [9.17, 15) is 27.6 Å². The van der Waals surface area contributed by atoms with E-state index in [4.69, 9.17) is 4.74 Å². The van der Waals surface area contributed by atoms with Crippen molar-refractivity contribution in [2.24, 2.45) is 5.92 Å². The lowest BCUT2D eigenvalue weighted by Crippen LogP contribution is -2.97. The topological polar surface area (TPSA) is 159 Å². The monoisotopic (exact) mass is 624 g/mol. The molecule has 0 spiro atoms. The highest BCUT2D eigenvalue weighted by atomic mass is 32.2. The molecule has 43 heavy (non-hydrogen) atoms. The summed E-state index contributed by atoms with van der Waals surface area (Å²) in [5.41, 5.74) is -1.93. The summed E-state index contributed by atoms with van der Waals surface area (Å²) in [6.45, 7) is 9.22. The maximum absolute atomic E-state index is 13.8. The van der Waals surface area contributed by atoms with Gasteiger partial charge < -0.3 is 20.3 Å². The number of nitrogens with zero attached hydrogens (tertiary/aromatic N) is 2. The van der Waals surface area contributed by atoms with Crippen molar-refractivity contribution in [1.82, 2.24) is 19.8 Å². The number of hydrogen-bond acceptors (Lipinski definition) is 7. The van der Waals surface area contributed by atoms with Crippen LogP contribution in [0.4, 0.5) is 4.79 Å². The van der Waals surface area contributed by atoms with Crippen molar-refractivity contribution in [3.63, 3.8) is 0 Å². The predicted octanol–water partition coefficient (Wildman–Crippen LogP) is 2.21. The first kappa shape index (κ1) is 33.4. The molecule has 2 saturated heterocycles. The second kappa shape index (κ2) is 13.2. The van der Waals surface area contributed by atoms with E-state index in [1.165, 1.54) is 9.21 Å². The quantitative estimate of drug-likeness (QED) is 0.433. The highest BCUT2D eigenvalue weighted by Gasteiger charge is 2.64. The molecule has 0 aromatic heterocycles. The van der Waals surface area contributed by atoms with Gasteiger partial charge in [-0.2, -0.15) is 13.1 Å². The summed E-state index contributed by atoms with van der Waals surface area (Å²) in [5.74, 6) is -1.78. The zero-order chi connectivity index (χ0) is 31.6. The van der Waals surface area contributed by atoms with Crippen LogP contribution in [-0.4, -0.2) is 77.2 Å². The molecule has 4 N–H and O–H groups in total. The van der Waals surface area contributed by atoms with Crippen LogP contribution in [0.1, 0.15) is 112 Å². The molecule has 3 heterocycles. The van der Waals surface area contributed by atoms with Crippen LogP contribution in [0.15, 0.2) is 11.8 Å². The third-order valence-electron chi connectivity index (χ3n) is 9.06. The Hall–Kier alpha value is -2.51. The number of nitrogens with two attached hydrogens (primary N) is 1. The Morgan fingerprint density at radius 3 is 2.28 bits per heavy atom.